The van der Waals surface area contributed by atoms with Crippen molar-refractivity contribution in [2.24, 2.45) is 0 Å². The van der Waals surface area contributed by atoms with E-state index in [4.69, 9.17) is 25.8 Å². The number of para-hydroxylation sites is 1. The largest absolute Gasteiger partial charge is 0.493 e. The van der Waals surface area contributed by atoms with E-state index in [1.807, 2.05) is 49.4 Å². The molecule has 1 unspecified atom stereocenters. The second-order valence-electron chi connectivity index (χ2n) is 10.3. The Hall–Kier alpha value is -4.17. The Labute approximate surface area is 237 Å². The molecule has 2 atom stereocenters. The van der Waals surface area contributed by atoms with Crippen LogP contribution in [0.5, 0.6) is 17.2 Å². The summed E-state index contributed by atoms with van der Waals surface area (Å²) in [6, 6.07) is 19.3. The third kappa shape index (κ3) is 3.81. The van der Waals surface area contributed by atoms with Crippen LogP contribution in [0.4, 0.5) is 0 Å². The van der Waals surface area contributed by atoms with Crippen LogP contribution in [0.2, 0.25) is 5.02 Å². The molecule has 0 bridgehead atoms. The first-order valence-electron chi connectivity index (χ1n) is 13.1. The number of aromatic amines is 1. The van der Waals surface area contributed by atoms with Crippen molar-refractivity contribution >= 4 is 34.3 Å². The maximum atomic E-state index is 14.4. The summed E-state index contributed by atoms with van der Waals surface area (Å²) in [5.74, 6) is 0.958. The van der Waals surface area contributed by atoms with Gasteiger partial charge in [-0.25, -0.2) is 0 Å². The number of hydrogen-bond donors (Lipinski definition) is 1. The Morgan fingerprint density at radius 3 is 2.33 bits per heavy atom. The van der Waals surface area contributed by atoms with Crippen molar-refractivity contribution in [1.29, 1.82) is 0 Å². The molecule has 6 rings (SSSR count). The van der Waals surface area contributed by atoms with E-state index in [0.29, 0.717) is 28.8 Å². The van der Waals surface area contributed by atoms with Gasteiger partial charge in [-0.1, -0.05) is 48.0 Å². The number of ether oxygens (including phenoxy) is 3. The molecule has 40 heavy (non-hydrogen) atoms. The van der Waals surface area contributed by atoms with Crippen molar-refractivity contribution in [3.63, 3.8) is 0 Å². The average molecular weight is 560 g/mol. The van der Waals surface area contributed by atoms with E-state index in [9.17, 15) is 9.59 Å². The quantitative estimate of drug-likeness (QED) is 0.356. The van der Waals surface area contributed by atoms with Gasteiger partial charge in [-0.05, 0) is 47.9 Å². The van der Waals surface area contributed by atoms with Gasteiger partial charge in [-0.15, -0.1) is 0 Å². The van der Waals surface area contributed by atoms with Gasteiger partial charge in [-0.3, -0.25) is 9.59 Å². The number of carbonyl (C=O) groups excluding carboxylic acids is 2. The number of benzene rings is 3. The lowest BCUT2D eigenvalue weighted by molar-refractivity contribution is -0.166. The Morgan fingerprint density at radius 2 is 1.65 bits per heavy atom. The predicted molar refractivity (Wildman–Crippen MR) is 152 cm³/mol. The van der Waals surface area contributed by atoms with Crippen molar-refractivity contribution < 1.29 is 23.8 Å². The number of amides is 2. The normalized spacial score (nSPS) is 20.4. The number of halogens is 1. The third-order valence-corrected chi connectivity index (χ3v) is 8.54. The maximum Gasteiger partial charge on any atom is 0.255 e. The summed E-state index contributed by atoms with van der Waals surface area (Å²) in [7, 11) is 4.63. The van der Waals surface area contributed by atoms with Crippen LogP contribution >= 0.6 is 11.6 Å². The zero-order chi connectivity index (χ0) is 28.2. The first kappa shape index (κ1) is 26.1. The van der Waals surface area contributed by atoms with E-state index in [-0.39, 0.29) is 30.8 Å². The molecule has 1 aromatic heterocycles. The number of H-pyrrole nitrogens is 1. The van der Waals surface area contributed by atoms with Gasteiger partial charge in [0.1, 0.15) is 6.54 Å². The van der Waals surface area contributed by atoms with E-state index in [1.54, 1.807) is 43.3 Å². The molecular formula is C31H30ClN3O5. The number of rotatable bonds is 6. The molecule has 9 heteroatoms. The fraction of sp³-hybridized carbons (Fsp3) is 0.290. The number of fused-ring (bicyclic) bond motifs is 5. The highest BCUT2D eigenvalue weighted by Crippen LogP contribution is 2.49. The van der Waals surface area contributed by atoms with E-state index in [0.717, 1.165) is 33.3 Å². The number of hydrogen-bond acceptors (Lipinski definition) is 5. The zero-order valence-corrected chi connectivity index (χ0v) is 23.5. The first-order chi connectivity index (χ1) is 19.3. The number of methoxy groups -OCH3 is 3. The lowest BCUT2D eigenvalue weighted by atomic mass is 9.76. The van der Waals surface area contributed by atoms with E-state index < -0.39 is 5.54 Å². The fourth-order valence-corrected chi connectivity index (χ4v) is 6.56. The molecule has 2 aliphatic rings. The Bertz CT molecular complexity index is 1620. The van der Waals surface area contributed by atoms with Crippen LogP contribution in [-0.2, 0) is 21.7 Å². The van der Waals surface area contributed by atoms with Crippen LogP contribution in [0.15, 0.2) is 60.7 Å². The molecule has 3 heterocycles. The van der Waals surface area contributed by atoms with Gasteiger partial charge >= 0.3 is 0 Å². The molecule has 2 aliphatic heterocycles. The van der Waals surface area contributed by atoms with E-state index in [2.05, 4.69) is 11.1 Å². The Kier molecular flexibility index (Phi) is 6.38. The summed E-state index contributed by atoms with van der Waals surface area (Å²) in [6.45, 7) is 2.34. The Morgan fingerprint density at radius 1 is 0.975 bits per heavy atom. The minimum absolute atomic E-state index is 0.0457. The van der Waals surface area contributed by atoms with Gasteiger partial charge in [0.2, 0.25) is 11.7 Å². The summed E-state index contributed by atoms with van der Waals surface area (Å²) in [5.41, 5.74) is 3.10. The molecule has 8 nitrogen and oxygen atoms in total. The molecule has 1 saturated heterocycles. The van der Waals surface area contributed by atoms with Gasteiger partial charge in [-0.2, -0.15) is 0 Å². The summed E-state index contributed by atoms with van der Waals surface area (Å²) >= 11 is 6.68. The maximum absolute atomic E-state index is 14.4. The predicted octanol–water partition coefficient (Wildman–Crippen LogP) is 5.08. The minimum atomic E-state index is -1.22. The highest BCUT2D eigenvalue weighted by Gasteiger charge is 2.56. The smallest absolute Gasteiger partial charge is 0.255 e. The highest BCUT2D eigenvalue weighted by atomic mass is 35.5. The second-order valence-corrected chi connectivity index (χ2v) is 10.7. The zero-order valence-electron chi connectivity index (χ0n) is 22.8. The van der Waals surface area contributed by atoms with Crippen LogP contribution < -0.4 is 14.2 Å². The highest BCUT2D eigenvalue weighted by molar-refractivity contribution is 6.31. The van der Waals surface area contributed by atoms with Crippen LogP contribution in [-0.4, -0.2) is 61.0 Å². The van der Waals surface area contributed by atoms with Crippen LogP contribution in [0, 0.1) is 0 Å². The van der Waals surface area contributed by atoms with Crippen molar-refractivity contribution in [2.75, 3.05) is 34.4 Å². The van der Waals surface area contributed by atoms with Crippen LogP contribution in [0.1, 0.15) is 35.2 Å². The number of aromatic nitrogens is 1. The number of nitrogens with one attached hydrogen (secondary N) is 1. The summed E-state index contributed by atoms with van der Waals surface area (Å²) in [5, 5.41) is 1.65. The van der Waals surface area contributed by atoms with Crippen molar-refractivity contribution in [1.82, 2.24) is 14.8 Å². The van der Waals surface area contributed by atoms with Gasteiger partial charge in [0.05, 0.1) is 27.0 Å². The van der Waals surface area contributed by atoms with Crippen molar-refractivity contribution in [3.8, 4) is 17.2 Å². The lowest BCUT2D eigenvalue weighted by Gasteiger charge is -2.51. The number of nitrogens with zero attached hydrogens (tertiary/aromatic N) is 2. The molecule has 206 valence electrons. The summed E-state index contributed by atoms with van der Waals surface area (Å²) in [4.78, 5) is 35.1. The van der Waals surface area contributed by atoms with E-state index >= 15 is 0 Å². The molecule has 0 aliphatic carbocycles. The number of piperazine rings is 1. The number of carbonyl (C=O) groups is 2. The van der Waals surface area contributed by atoms with Crippen molar-refractivity contribution in [3.05, 3.63) is 88.1 Å². The molecule has 2 amide bonds. The topological polar surface area (TPSA) is 84.1 Å². The standard InChI is InChI=1S/C31H30ClN3O5/c1-31-29-27(20-10-6-8-12-23(20)33-29)21(19-9-5-7-11-22(19)32)16-35(31)26(36)17-34(30(31)37)15-18-13-24(38-2)28(40-4)25(14-18)39-3/h5-14,21,33H,15-17H2,1-4H3/t21?,31-/m0/s1. The second kappa shape index (κ2) is 9.78. The SMILES string of the molecule is COc1cc(CN2CC(=O)N3CC(c4ccccc4Cl)c4c([nH]c5ccccc45)[C@@]3(C)C2=O)cc(OC)c1OC. The molecule has 0 spiro atoms. The molecule has 0 radical (unpaired) electrons. The van der Waals surface area contributed by atoms with Gasteiger partial charge in [0.25, 0.3) is 5.91 Å². The van der Waals surface area contributed by atoms with Gasteiger partial charge in [0, 0.05) is 34.9 Å². The van der Waals surface area contributed by atoms with Crippen molar-refractivity contribution in [2.45, 2.75) is 24.9 Å². The summed E-state index contributed by atoms with van der Waals surface area (Å²) < 4.78 is 16.5. The monoisotopic (exact) mass is 559 g/mol. The van der Waals surface area contributed by atoms with Gasteiger partial charge in [0.15, 0.2) is 17.0 Å². The van der Waals surface area contributed by atoms with Crippen LogP contribution in [0.3, 0.4) is 0 Å². The van der Waals surface area contributed by atoms with Crippen LogP contribution in [0.25, 0.3) is 10.9 Å². The van der Waals surface area contributed by atoms with E-state index in [1.165, 1.54) is 0 Å². The van der Waals surface area contributed by atoms with Gasteiger partial charge < -0.3 is 29.0 Å². The molecule has 1 N–H and O–H groups in total. The molecule has 3 aromatic carbocycles. The Balaban J connectivity index is 1.47. The average Bonchev–Trinajstić information content (AvgIpc) is 3.36. The molecule has 0 saturated carbocycles. The summed E-state index contributed by atoms with van der Waals surface area (Å²) in [6.07, 6.45) is 0. The molecule has 1 fully saturated rings. The fourth-order valence-electron chi connectivity index (χ4n) is 6.29. The lowest BCUT2D eigenvalue weighted by Crippen LogP contribution is -2.67. The minimum Gasteiger partial charge on any atom is -0.493 e. The molecular weight excluding hydrogens is 530 g/mol. The third-order valence-electron chi connectivity index (χ3n) is 8.20. The molecule has 4 aromatic rings. The first-order valence-corrected chi connectivity index (χ1v) is 13.4.